The molecule has 0 aromatic heterocycles. The fourth-order valence-electron chi connectivity index (χ4n) is 4.09. The van der Waals surface area contributed by atoms with Crippen LogP contribution in [0.15, 0.2) is 48.5 Å². The van der Waals surface area contributed by atoms with E-state index in [1.807, 2.05) is 6.07 Å². The summed E-state index contributed by atoms with van der Waals surface area (Å²) in [6.45, 7) is 3.68. The number of hydrogen-bond donors (Lipinski definition) is 1. The number of unbranched alkanes of at least 4 members (excludes halogenated alkanes) is 1. The smallest absolute Gasteiger partial charge is 0.385 e. The number of rotatable bonds is 9. The van der Waals surface area contributed by atoms with Crippen molar-refractivity contribution in [3.8, 4) is 0 Å². The molecule has 0 spiro atoms. The van der Waals surface area contributed by atoms with Gasteiger partial charge >= 0.3 is 6.18 Å². The van der Waals surface area contributed by atoms with Gasteiger partial charge in [-0.1, -0.05) is 30.3 Å². The molecule has 0 amide bonds. The first-order valence-corrected chi connectivity index (χ1v) is 10.7. The highest BCUT2D eigenvalue weighted by Crippen LogP contribution is 2.37. The van der Waals surface area contributed by atoms with Crippen LogP contribution in [0.2, 0.25) is 0 Å². The molecule has 0 aliphatic carbocycles. The molecule has 0 saturated carbocycles. The molecule has 1 aliphatic rings. The average Bonchev–Trinajstić information content (AvgIpc) is 2.74. The fourth-order valence-corrected chi connectivity index (χ4v) is 4.09. The Labute approximate surface area is 180 Å². The molecule has 2 aromatic rings. The average molecular weight is 435 g/mol. The molecular weight excluding hydrogens is 407 g/mol. The van der Waals surface area contributed by atoms with Crippen molar-refractivity contribution in [2.24, 2.45) is 5.92 Å². The van der Waals surface area contributed by atoms with Crippen molar-refractivity contribution in [1.29, 1.82) is 0 Å². The summed E-state index contributed by atoms with van der Waals surface area (Å²) in [5.74, 6) is 0.727. The van der Waals surface area contributed by atoms with Gasteiger partial charge in [0.2, 0.25) is 0 Å². The zero-order valence-corrected chi connectivity index (χ0v) is 17.4. The molecule has 1 heterocycles. The number of benzene rings is 2. The molecule has 5 nitrogen and oxygen atoms in total. The van der Waals surface area contributed by atoms with E-state index >= 15 is 0 Å². The van der Waals surface area contributed by atoms with Gasteiger partial charge in [-0.2, -0.15) is 13.2 Å². The highest BCUT2D eigenvalue weighted by molar-refractivity contribution is 5.55. The Morgan fingerprint density at radius 1 is 1.06 bits per heavy atom. The Kier molecular flexibility index (Phi) is 7.90. The Morgan fingerprint density at radius 2 is 1.77 bits per heavy atom. The van der Waals surface area contributed by atoms with Crippen molar-refractivity contribution in [2.45, 2.75) is 38.3 Å². The summed E-state index contributed by atoms with van der Waals surface area (Å²) in [7, 11) is 0. The predicted octanol–water partition coefficient (Wildman–Crippen LogP) is 5.76. The Morgan fingerprint density at radius 3 is 2.42 bits per heavy atom. The molecule has 0 unspecified atom stereocenters. The van der Waals surface area contributed by atoms with Gasteiger partial charge < -0.3 is 10.2 Å². The first-order valence-electron chi connectivity index (χ1n) is 10.7. The van der Waals surface area contributed by atoms with E-state index in [-0.39, 0.29) is 5.69 Å². The number of anilines is 1. The molecule has 1 aliphatic heterocycles. The van der Waals surface area contributed by atoms with Crippen molar-refractivity contribution in [3.05, 3.63) is 69.8 Å². The first kappa shape index (κ1) is 23.1. The summed E-state index contributed by atoms with van der Waals surface area (Å²) >= 11 is 0. The largest absolute Gasteiger partial charge is 0.423 e. The van der Waals surface area contributed by atoms with Crippen LogP contribution >= 0.6 is 0 Å². The van der Waals surface area contributed by atoms with Crippen LogP contribution in [0.25, 0.3) is 0 Å². The van der Waals surface area contributed by atoms with Crippen molar-refractivity contribution >= 4 is 11.4 Å². The summed E-state index contributed by atoms with van der Waals surface area (Å²) in [5.41, 5.74) is -0.499. The van der Waals surface area contributed by atoms with E-state index in [1.165, 1.54) is 24.5 Å². The van der Waals surface area contributed by atoms with E-state index < -0.39 is 22.4 Å². The summed E-state index contributed by atoms with van der Waals surface area (Å²) in [6.07, 6.45) is 0.532. The zero-order valence-electron chi connectivity index (χ0n) is 17.4. The van der Waals surface area contributed by atoms with Crippen LogP contribution in [0.1, 0.15) is 36.8 Å². The van der Waals surface area contributed by atoms with E-state index in [0.717, 1.165) is 56.9 Å². The lowest BCUT2D eigenvalue weighted by Crippen LogP contribution is -2.35. The summed E-state index contributed by atoms with van der Waals surface area (Å²) < 4.78 is 39.1. The van der Waals surface area contributed by atoms with E-state index in [9.17, 15) is 23.3 Å². The van der Waals surface area contributed by atoms with E-state index in [4.69, 9.17) is 0 Å². The van der Waals surface area contributed by atoms with Crippen molar-refractivity contribution < 1.29 is 18.1 Å². The van der Waals surface area contributed by atoms with Crippen LogP contribution in [-0.4, -0.2) is 36.0 Å². The van der Waals surface area contributed by atoms with Gasteiger partial charge in [-0.25, -0.2) is 0 Å². The number of nitro groups is 1. The number of hydrogen-bond acceptors (Lipinski definition) is 4. The molecule has 1 N–H and O–H groups in total. The number of piperidine rings is 1. The minimum absolute atomic E-state index is 0.250. The second-order valence-corrected chi connectivity index (χ2v) is 8.10. The SMILES string of the molecule is O=[N+]([O-])c1ccc(NCCCCN2CCC(Cc3ccccc3)CC2)cc1C(F)(F)F. The standard InChI is InChI=1S/C23H28F3N3O2/c24-23(25,26)21-17-20(8-9-22(21)29(30)31)27-12-4-5-13-28-14-10-19(11-15-28)16-18-6-2-1-3-7-18/h1-3,6-9,17,19,27H,4-5,10-16H2. The molecule has 0 radical (unpaired) electrons. The third-order valence-electron chi connectivity index (χ3n) is 5.80. The van der Waals surface area contributed by atoms with Gasteiger partial charge in [0.05, 0.1) is 4.92 Å². The summed E-state index contributed by atoms with van der Waals surface area (Å²) in [6, 6.07) is 13.6. The van der Waals surface area contributed by atoms with Crippen LogP contribution in [0.4, 0.5) is 24.5 Å². The third-order valence-corrected chi connectivity index (χ3v) is 5.80. The molecule has 2 aromatic carbocycles. The number of nitrogens with one attached hydrogen (secondary N) is 1. The fraction of sp³-hybridized carbons (Fsp3) is 0.478. The Bertz CT molecular complexity index is 851. The van der Waals surface area contributed by atoms with Crippen LogP contribution in [-0.2, 0) is 12.6 Å². The molecule has 1 fully saturated rings. The van der Waals surface area contributed by atoms with Gasteiger partial charge in [0.25, 0.3) is 5.69 Å². The zero-order chi connectivity index (χ0) is 22.3. The number of nitrogens with zero attached hydrogens (tertiary/aromatic N) is 2. The Balaban J connectivity index is 1.36. The van der Waals surface area contributed by atoms with Gasteiger partial charge in [-0.3, -0.25) is 10.1 Å². The van der Waals surface area contributed by atoms with Gasteiger partial charge in [0.15, 0.2) is 0 Å². The van der Waals surface area contributed by atoms with Crippen LogP contribution in [0.5, 0.6) is 0 Å². The Hall–Kier alpha value is -2.61. The lowest BCUT2D eigenvalue weighted by atomic mass is 9.90. The monoisotopic (exact) mass is 435 g/mol. The number of halogens is 3. The highest BCUT2D eigenvalue weighted by Gasteiger charge is 2.38. The minimum atomic E-state index is -4.76. The molecule has 168 valence electrons. The van der Waals surface area contributed by atoms with Crippen molar-refractivity contribution in [3.63, 3.8) is 0 Å². The maximum atomic E-state index is 13.0. The van der Waals surface area contributed by atoms with E-state index in [2.05, 4.69) is 34.5 Å². The first-order chi connectivity index (χ1) is 14.8. The van der Waals surface area contributed by atoms with E-state index in [1.54, 1.807) is 0 Å². The van der Waals surface area contributed by atoms with Gasteiger partial charge in [0.1, 0.15) is 5.56 Å². The van der Waals surface area contributed by atoms with Gasteiger partial charge in [0, 0.05) is 18.3 Å². The lowest BCUT2D eigenvalue weighted by molar-refractivity contribution is -0.388. The second kappa shape index (κ2) is 10.6. The maximum absolute atomic E-state index is 13.0. The summed E-state index contributed by atoms with van der Waals surface area (Å²) in [5, 5.41) is 13.8. The number of likely N-dealkylation sites (tertiary alicyclic amines) is 1. The highest BCUT2D eigenvalue weighted by atomic mass is 19.4. The topological polar surface area (TPSA) is 58.4 Å². The summed E-state index contributed by atoms with van der Waals surface area (Å²) in [4.78, 5) is 12.3. The maximum Gasteiger partial charge on any atom is 0.423 e. The molecular formula is C23H28F3N3O2. The van der Waals surface area contributed by atoms with Crippen molar-refractivity contribution in [2.75, 3.05) is 31.5 Å². The third kappa shape index (κ3) is 6.95. The van der Waals surface area contributed by atoms with Crippen LogP contribution in [0, 0.1) is 16.0 Å². The second-order valence-electron chi connectivity index (χ2n) is 8.10. The quantitative estimate of drug-likeness (QED) is 0.309. The van der Waals surface area contributed by atoms with Crippen LogP contribution in [0.3, 0.4) is 0 Å². The van der Waals surface area contributed by atoms with E-state index in [0.29, 0.717) is 6.54 Å². The molecule has 31 heavy (non-hydrogen) atoms. The molecule has 8 heteroatoms. The van der Waals surface area contributed by atoms with Gasteiger partial charge in [-0.05, 0) is 75.4 Å². The lowest BCUT2D eigenvalue weighted by Gasteiger charge is -2.32. The molecule has 0 bridgehead atoms. The molecule has 3 rings (SSSR count). The predicted molar refractivity (Wildman–Crippen MR) is 115 cm³/mol. The minimum Gasteiger partial charge on any atom is -0.385 e. The molecule has 0 atom stereocenters. The van der Waals surface area contributed by atoms with Crippen LogP contribution < -0.4 is 5.32 Å². The van der Waals surface area contributed by atoms with Crippen molar-refractivity contribution in [1.82, 2.24) is 4.90 Å². The number of alkyl halides is 3. The van der Waals surface area contributed by atoms with Gasteiger partial charge in [-0.15, -0.1) is 0 Å². The normalized spacial score (nSPS) is 15.7. The number of nitro benzene ring substituents is 1. The molecule has 1 saturated heterocycles.